The van der Waals surface area contributed by atoms with E-state index in [-0.39, 0.29) is 0 Å². The fourth-order valence-electron chi connectivity index (χ4n) is 2.02. The smallest absolute Gasteiger partial charge is 0.165 e. The SMILES string of the molecule is Cc1ccc(Cn2cnc3c(Cl)nc(C)nc32)cc1. The Morgan fingerprint density at radius 3 is 2.58 bits per heavy atom. The van der Waals surface area contributed by atoms with Crippen molar-refractivity contribution in [1.82, 2.24) is 19.5 Å². The van der Waals surface area contributed by atoms with Crippen molar-refractivity contribution in [1.29, 1.82) is 0 Å². The third-order valence-corrected chi connectivity index (χ3v) is 3.27. The summed E-state index contributed by atoms with van der Waals surface area (Å²) < 4.78 is 1.99. The van der Waals surface area contributed by atoms with Crippen molar-refractivity contribution in [3.63, 3.8) is 0 Å². The second-order valence-electron chi connectivity index (χ2n) is 4.59. The molecular formula is C14H13ClN4. The predicted molar refractivity (Wildman–Crippen MR) is 75.4 cm³/mol. The van der Waals surface area contributed by atoms with Gasteiger partial charge in [0.05, 0.1) is 12.9 Å². The van der Waals surface area contributed by atoms with Crippen LogP contribution in [-0.2, 0) is 6.54 Å². The Hall–Kier alpha value is -1.94. The van der Waals surface area contributed by atoms with E-state index in [4.69, 9.17) is 11.6 Å². The molecule has 0 saturated heterocycles. The number of hydrogen-bond acceptors (Lipinski definition) is 3. The molecule has 0 radical (unpaired) electrons. The fourth-order valence-corrected chi connectivity index (χ4v) is 2.27. The van der Waals surface area contributed by atoms with Gasteiger partial charge in [0.1, 0.15) is 11.3 Å². The van der Waals surface area contributed by atoms with Gasteiger partial charge in [-0.15, -0.1) is 0 Å². The van der Waals surface area contributed by atoms with E-state index in [2.05, 4.69) is 46.1 Å². The lowest BCUT2D eigenvalue weighted by Crippen LogP contribution is -2.00. The van der Waals surface area contributed by atoms with Crippen LogP contribution in [0, 0.1) is 13.8 Å². The van der Waals surface area contributed by atoms with Gasteiger partial charge in [-0.05, 0) is 19.4 Å². The molecule has 0 spiro atoms. The van der Waals surface area contributed by atoms with Crippen molar-refractivity contribution in [3.05, 3.63) is 52.7 Å². The highest BCUT2D eigenvalue weighted by Crippen LogP contribution is 2.19. The van der Waals surface area contributed by atoms with Crippen LogP contribution in [0.2, 0.25) is 5.15 Å². The minimum absolute atomic E-state index is 0.408. The summed E-state index contributed by atoms with van der Waals surface area (Å²) in [5, 5.41) is 0.408. The largest absolute Gasteiger partial charge is 0.311 e. The molecule has 0 aliphatic carbocycles. The zero-order chi connectivity index (χ0) is 13.4. The molecule has 0 unspecified atom stereocenters. The standard InChI is InChI=1S/C14H13ClN4/c1-9-3-5-11(6-4-9)7-19-8-16-12-13(15)17-10(2)18-14(12)19/h3-6,8H,7H2,1-2H3. The Kier molecular flexibility index (Phi) is 2.95. The van der Waals surface area contributed by atoms with Gasteiger partial charge in [-0.2, -0.15) is 0 Å². The van der Waals surface area contributed by atoms with Crippen LogP contribution in [0.15, 0.2) is 30.6 Å². The summed E-state index contributed by atoms with van der Waals surface area (Å²) >= 11 is 6.07. The molecule has 0 N–H and O–H groups in total. The van der Waals surface area contributed by atoms with Crippen LogP contribution >= 0.6 is 11.6 Å². The van der Waals surface area contributed by atoms with E-state index in [1.54, 1.807) is 6.33 Å². The summed E-state index contributed by atoms with van der Waals surface area (Å²) in [5.74, 6) is 0.656. The number of fused-ring (bicyclic) bond motifs is 1. The number of aromatic nitrogens is 4. The topological polar surface area (TPSA) is 43.6 Å². The molecule has 5 heteroatoms. The minimum Gasteiger partial charge on any atom is -0.311 e. The first-order chi connectivity index (χ1) is 9.13. The van der Waals surface area contributed by atoms with Crippen molar-refractivity contribution < 1.29 is 0 Å². The molecule has 2 aromatic heterocycles. The Labute approximate surface area is 116 Å². The van der Waals surface area contributed by atoms with Crippen LogP contribution in [0.4, 0.5) is 0 Å². The van der Waals surface area contributed by atoms with E-state index in [1.165, 1.54) is 11.1 Å². The number of aryl methyl sites for hydroxylation is 2. The normalized spacial score (nSPS) is 11.1. The van der Waals surface area contributed by atoms with Crippen molar-refractivity contribution in [2.45, 2.75) is 20.4 Å². The van der Waals surface area contributed by atoms with Gasteiger partial charge in [0.15, 0.2) is 10.8 Å². The molecule has 0 aliphatic heterocycles. The number of imidazole rings is 1. The molecule has 3 aromatic rings. The Morgan fingerprint density at radius 1 is 1.11 bits per heavy atom. The molecule has 4 nitrogen and oxygen atoms in total. The quantitative estimate of drug-likeness (QED) is 0.673. The van der Waals surface area contributed by atoms with E-state index in [9.17, 15) is 0 Å². The summed E-state index contributed by atoms with van der Waals surface area (Å²) in [7, 11) is 0. The van der Waals surface area contributed by atoms with Gasteiger partial charge in [-0.25, -0.2) is 15.0 Å². The van der Waals surface area contributed by atoms with E-state index in [0.29, 0.717) is 16.5 Å². The monoisotopic (exact) mass is 272 g/mol. The number of hydrogen-bond donors (Lipinski definition) is 0. The van der Waals surface area contributed by atoms with Crippen LogP contribution < -0.4 is 0 Å². The molecule has 2 heterocycles. The average Bonchev–Trinajstić information content (AvgIpc) is 2.76. The highest BCUT2D eigenvalue weighted by atomic mass is 35.5. The fraction of sp³-hybridized carbons (Fsp3) is 0.214. The van der Waals surface area contributed by atoms with E-state index >= 15 is 0 Å². The maximum Gasteiger partial charge on any atom is 0.165 e. The van der Waals surface area contributed by atoms with Gasteiger partial charge in [0.25, 0.3) is 0 Å². The van der Waals surface area contributed by atoms with Crippen LogP contribution in [-0.4, -0.2) is 19.5 Å². The Morgan fingerprint density at radius 2 is 1.84 bits per heavy atom. The third-order valence-electron chi connectivity index (χ3n) is 3.01. The summed E-state index contributed by atoms with van der Waals surface area (Å²) in [6.07, 6.45) is 1.75. The first-order valence-corrected chi connectivity index (χ1v) is 6.42. The minimum atomic E-state index is 0.408. The molecule has 0 fully saturated rings. The van der Waals surface area contributed by atoms with Gasteiger partial charge < -0.3 is 4.57 Å². The Bertz CT molecular complexity index is 731. The third kappa shape index (κ3) is 2.31. The predicted octanol–water partition coefficient (Wildman–Crippen LogP) is 3.14. The van der Waals surface area contributed by atoms with Crippen molar-refractivity contribution in [2.24, 2.45) is 0 Å². The van der Waals surface area contributed by atoms with Crippen LogP contribution in [0.3, 0.4) is 0 Å². The molecule has 0 saturated carbocycles. The molecule has 1 aromatic carbocycles. The zero-order valence-corrected chi connectivity index (χ0v) is 11.5. The van der Waals surface area contributed by atoms with Crippen LogP contribution in [0.25, 0.3) is 11.2 Å². The van der Waals surface area contributed by atoms with Crippen molar-refractivity contribution >= 4 is 22.8 Å². The van der Waals surface area contributed by atoms with Gasteiger partial charge in [0, 0.05) is 0 Å². The first-order valence-electron chi connectivity index (χ1n) is 6.04. The molecule has 96 valence electrons. The second-order valence-corrected chi connectivity index (χ2v) is 4.95. The lowest BCUT2D eigenvalue weighted by Gasteiger charge is -2.05. The van der Waals surface area contributed by atoms with Crippen LogP contribution in [0.1, 0.15) is 17.0 Å². The van der Waals surface area contributed by atoms with Gasteiger partial charge in [-0.1, -0.05) is 41.4 Å². The molecule has 3 rings (SSSR count). The summed E-state index contributed by atoms with van der Waals surface area (Å²) in [6, 6.07) is 8.41. The van der Waals surface area contributed by atoms with E-state index < -0.39 is 0 Å². The lowest BCUT2D eigenvalue weighted by atomic mass is 10.1. The highest BCUT2D eigenvalue weighted by Gasteiger charge is 2.10. The van der Waals surface area contributed by atoms with Gasteiger partial charge >= 0.3 is 0 Å². The molecule has 0 amide bonds. The van der Waals surface area contributed by atoms with Crippen LogP contribution in [0.5, 0.6) is 0 Å². The maximum atomic E-state index is 6.07. The first kappa shape index (κ1) is 12.1. The number of nitrogens with zero attached hydrogens (tertiary/aromatic N) is 4. The lowest BCUT2D eigenvalue weighted by molar-refractivity contribution is 0.810. The molecule has 0 bridgehead atoms. The summed E-state index contributed by atoms with van der Waals surface area (Å²) in [4.78, 5) is 12.8. The zero-order valence-electron chi connectivity index (χ0n) is 10.8. The molecular weight excluding hydrogens is 260 g/mol. The molecule has 19 heavy (non-hydrogen) atoms. The molecule has 0 aliphatic rings. The van der Waals surface area contributed by atoms with Crippen molar-refractivity contribution in [2.75, 3.05) is 0 Å². The Balaban J connectivity index is 2.03. The second kappa shape index (κ2) is 4.63. The van der Waals surface area contributed by atoms with Gasteiger partial charge in [-0.3, -0.25) is 0 Å². The van der Waals surface area contributed by atoms with Crippen molar-refractivity contribution in [3.8, 4) is 0 Å². The van der Waals surface area contributed by atoms with E-state index in [1.807, 2.05) is 11.5 Å². The highest BCUT2D eigenvalue weighted by molar-refractivity contribution is 6.33. The summed E-state index contributed by atoms with van der Waals surface area (Å²) in [5.41, 5.74) is 3.88. The summed E-state index contributed by atoms with van der Waals surface area (Å²) in [6.45, 7) is 4.63. The number of halogens is 1. The van der Waals surface area contributed by atoms with E-state index in [0.717, 1.165) is 12.2 Å². The maximum absolute atomic E-state index is 6.07. The number of rotatable bonds is 2. The molecule has 0 atom stereocenters. The number of benzene rings is 1. The van der Waals surface area contributed by atoms with Gasteiger partial charge in [0.2, 0.25) is 0 Å². The average molecular weight is 273 g/mol.